The van der Waals surface area contributed by atoms with Gasteiger partial charge in [0.05, 0.1) is 6.54 Å². The molecule has 0 saturated carbocycles. The van der Waals surface area contributed by atoms with E-state index in [1.165, 1.54) is 17.4 Å². The van der Waals surface area contributed by atoms with Gasteiger partial charge in [0.2, 0.25) is 0 Å². The number of thiophene rings is 1. The molecule has 98 valence electrons. The smallest absolute Gasteiger partial charge is 0.252 e. The van der Waals surface area contributed by atoms with Crippen LogP contribution in [0.2, 0.25) is 0 Å². The average Bonchev–Trinajstić information content (AvgIpc) is 2.88. The number of sulfonamides is 1. The lowest BCUT2D eigenvalue weighted by molar-refractivity contribution is 0.398. The van der Waals surface area contributed by atoms with Crippen LogP contribution in [0.5, 0.6) is 0 Å². The fourth-order valence-electron chi connectivity index (χ4n) is 1.49. The largest absolute Gasteiger partial charge is 0.465 e. The van der Waals surface area contributed by atoms with Crippen LogP contribution in [0.1, 0.15) is 11.5 Å². The quantitative estimate of drug-likeness (QED) is 0.933. The standard InChI is InChI=1S/C11H14N2O3S2/c1-8-3-4-10(16-8)6-13(2)18(14,15)11-5-9(12)7-17-11/h3-5,7H,6,12H2,1-2H3. The number of nitrogens with zero attached hydrogens (tertiary/aromatic N) is 1. The molecule has 2 N–H and O–H groups in total. The maximum absolute atomic E-state index is 12.2. The zero-order valence-corrected chi connectivity index (χ0v) is 11.7. The van der Waals surface area contributed by atoms with Gasteiger partial charge in [-0.1, -0.05) is 0 Å². The molecule has 0 aliphatic heterocycles. The molecule has 2 aromatic heterocycles. The van der Waals surface area contributed by atoms with Gasteiger partial charge in [0.15, 0.2) is 0 Å². The molecule has 0 aromatic carbocycles. The normalized spacial score (nSPS) is 12.2. The van der Waals surface area contributed by atoms with Crippen molar-refractivity contribution in [3.05, 3.63) is 35.1 Å². The minimum Gasteiger partial charge on any atom is -0.465 e. The van der Waals surface area contributed by atoms with Gasteiger partial charge in [-0.3, -0.25) is 0 Å². The first kappa shape index (κ1) is 13.1. The van der Waals surface area contributed by atoms with Gasteiger partial charge in [-0.2, -0.15) is 4.31 Å². The first-order valence-electron chi connectivity index (χ1n) is 5.25. The summed E-state index contributed by atoms with van der Waals surface area (Å²) in [5.74, 6) is 1.37. The first-order chi connectivity index (χ1) is 8.39. The molecule has 0 radical (unpaired) electrons. The number of nitrogen functional groups attached to an aromatic ring is 1. The summed E-state index contributed by atoms with van der Waals surface area (Å²) in [6.45, 7) is 2.02. The molecule has 0 unspecified atom stereocenters. The predicted molar refractivity (Wildman–Crippen MR) is 70.8 cm³/mol. The number of nitrogens with two attached hydrogens (primary N) is 1. The van der Waals surface area contributed by atoms with Gasteiger partial charge in [-0.15, -0.1) is 11.3 Å². The lowest BCUT2D eigenvalue weighted by Crippen LogP contribution is -2.25. The van der Waals surface area contributed by atoms with Crippen LogP contribution in [0.4, 0.5) is 5.69 Å². The van der Waals surface area contributed by atoms with Crippen LogP contribution in [-0.2, 0) is 16.6 Å². The molecule has 2 aromatic rings. The molecular weight excluding hydrogens is 272 g/mol. The Bertz CT molecular complexity index is 643. The van der Waals surface area contributed by atoms with Crippen molar-refractivity contribution in [2.24, 2.45) is 0 Å². The maximum Gasteiger partial charge on any atom is 0.252 e. The molecule has 2 rings (SSSR count). The Kier molecular flexibility index (Phi) is 3.47. The van der Waals surface area contributed by atoms with Crippen molar-refractivity contribution in [2.45, 2.75) is 17.7 Å². The number of furan rings is 1. The predicted octanol–water partition coefficient (Wildman–Crippen LogP) is 2.05. The molecule has 7 heteroatoms. The Morgan fingerprint density at radius 1 is 1.44 bits per heavy atom. The minimum absolute atomic E-state index is 0.202. The van der Waals surface area contributed by atoms with Gasteiger partial charge < -0.3 is 10.2 Å². The topological polar surface area (TPSA) is 76.5 Å². The molecule has 0 amide bonds. The van der Waals surface area contributed by atoms with Crippen LogP contribution in [0.15, 0.2) is 32.2 Å². The second kappa shape index (κ2) is 4.75. The average molecular weight is 286 g/mol. The summed E-state index contributed by atoms with van der Waals surface area (Å²) in [5.41, 5.74) is 6.00. The van der Waals surface area contributed by atoms with Crippen LogP contribution < -0.4 is 5.73 Å². The third-order valence-electron chi connectivity index (χ3n) is 2.43. The van der Waals surface area contributed by atoms with Crippen LogP contribution in [-0.4, -0.2) is 19.8 Å². The third kappa shape index (κ3) is 2.58. The van der Waals surface area contributed by atoms with Crippen molar-refractivity contribution >= 4 is 27.0 Å². The second-order valence-corrected chi connectivity index (χ2v) is 7.16. The van der Waals surface area contributed by atoms with E-state index in [1.54, 1.807) is 17.5 Å². The molecule has 0 spiro atoms. The van der Waals surface area contributed by atoms with E-state index >= 15 is 0 Å². The van der Waals surface area contributed by atoms with Crippen LogP contribution in [0, 0.1) is 6.92 Å². The zero-order valence-electron chi connectivity index (χ0n) is 10.1. The molecular formula is C11H14N2O3S2. The molecule has 0 aliphatic carbocycles. The van der Waals surface area contributed by atoms with E-state index < -0.39 is 10.0 Å². The van der Waals surface area contributed by atoms with Gasteiger partial charge in [0.1, 0.15) is 15.7 Å². The molecule has 0 bridgehead atoms. The third-order valence-corrected chi connectivity index (χ3v) is 5.67. The number of hydrogen-bond donors (Lipinski definition) is 1. The highest BCUT2D eigenvalue weighted by Gasteiger charge is 2.23. The highest BCUT2D eigenvalue weighted by atomic mass is 32.2. The highest BCUT2D eigenvalue weighted by Crippen LogP contribution is 2.25. The number of rotatable bonds is 4. The minimum atomic E-state index is -3.50. The molecule has 5 nitrogen and oxygen atoms in total. The number of aryl methyl sites for hydroxylation is 1. The van der Waals surface area contributed by atoms with Gasteiger partial charge >= 0.3 is 0 Å². The summed E-state index contributed by atoms with van der Waals surface area (Å²) in [6.07, 6.45) is 0. The van der Waals surface area contributed by atoms with Crippen molar-refractivity contribution in [3.63, 3.8) is 0 Å². The van der Waals surface area contributed by atoms with Gasteiger partial charge in [0.25, 0.3) is 10.0 Å². The fraction of sp³-hybridized carbons (Fsp3) is 0.273. The Hall–Kier alpha value is -1.31. The summed E-state index contributed by atoms with van der Waals surface area (Å²) in [5, 5.41) is 1.61. The van der Waals surface area contributed by atoms with E-state index in [9.17, 15) is 8.42 Å². The monoisotopic (exact) mass is 286 g/mol. The van der Waals surface area contributed by atoms with E-state index in [1.807, 2.05) is 6.92 Å². The van der Waals surface area contributed by atoms with E-state index in [0.29, 0.717) is 11.4 Å². The molecule has 0 fully saturated rings. The van der Waals surface area contributed by atoms with Crippen molar-refractivity contribution in [2.75, 3.05) is 12.8 Å². The number of hydrogen-bond acceptors (Lipinski definition) is 5. The molecule has 2 heterocycles. The van der Waals surface area contributed by atoms with Crippen molar-refractivity contribution < 1.29 is 12.8 Å². The lowest BCUT2D eigenvalue weighted by Gasteiger charge is -2.14. The summed E-state index contributed by atoms with van der Waals surface area (Å²) in [4.78, 5) is 0. The van der Waals surface area contributed by atoms with E-state index in [0.717, 1.165) is 17.1 Å². The van der Waals surface area contributed by atoms with Crippen LogP contribution in [0.3, 0.4) is 0 Å². The lowest BCUT2D eigenvalue weighted by atomic mass is 10.4. The maximum atomic E-state index is 12.2. The summed E-state index contributed by atoms with van der Waals surface area (Å²) in [7, 11) is -1.98. The number of anilines is 1. The van der Waals surface area contributed by atoms with Gasteiger partial charge in [0, 0.05) is 18.1 Å². The van der Waals surface area contributed by atoms with Crippen LogP contribution in [0.25, 0.3) is 0 Å². The SMILES string of the molecule is Cc1ccc(CN(C)S(=O)(=O)c2cc(N)cs2)o1. The second-order valence-electron chi connectivity index (χ2n) is 3.97. The van der Waals surface area contributed by atoms with Crippen molar-refractivity contribution in [1.29, 1.82) is 0 Å². The van der Waals surface area contributed by atoms with Gasteiger partial charge in [-0.25, -0.2) is 8.42 Å². The summed E-state index contributed by atoms with van der Waals surface area (Å²) >= 11 is 1.12. The van der Waals surface area contributed by atoms with Crippen molar-refractivity contribution in [3.8, 4) is 0 Å². The fourth-order valence-corrected chi connectivity index (χ4v) is 3.92. The van der Waals surface area contributed by atoms with E-state index in [2.05, 4.69) is 0 Å². The summed E-state index contributed by atoms with van der Waals surface area (Å²) in [6, 6.07) is 5.03. The van der Waals surface area contributed by atoms with E-state index in [-0.39, 0.29) is 10.8 Å². The van der Waals surface area contributed by atoms with Crippen molar-refractivity contribution in [1.82, 2.24) is 4.31 Å². The summed E-state index contributed by atoms with van der Waals surface area (Å²) < 4.78 is 31.2. The van der Waals surface area contributed by atoms with Gasteiger partial charge in [-0.05, 0) is 25.1 Å². The molecule has 0 saturated heterocycles. The highest BCUT2D eigenvalue weighted by molar-refractivity contribution is 7.91. The Labute approximate surface area is 110 Å². The Balaban J connectivity index is 2.20. The Morgan fingerprint density at radius 2 is 2.17 bits per heavy atom. The zero-order chi connectivity index (χ0) is 13.3. The molecule has 0 aliphatic rings. The molecule has 0 atom stereocenters. The molecule has 18 heavy (non-hydrogen) atoms. The first-order valence-corrected chi connectivity index (χ1v) is 7.57. The Morgan fingerprint density at radius 3 is 2.67 bits per heavy atom. The van der Waals surface area contributed by atoms with E-state index in [4.69, 9.17) is 10.2 Å². The van der Waals surface area contributed by atoms with Crippen LogP contribution >= 0.6 is 11.3 Å².